The van der Waals surface area contributed by atoms with Crippen molar-refractivity contribution in [3.05, 3.63) is 24.3 Å². The number of esters is 1. The number of carbonyl (C=O) groups excluding carboxylic acids is 2. The molecular formula is C15H22N2O4. The second-order valence-electron chi connectivity index (χ2n) is 5.19. The molecule has 0 aliphatic heterocycles. The number of anilines is 1. The number of amides is 2. The van der Waals surface area contributed by atoms with E-state index in [0.29, 0.717) is 18.0 Å². The summed E-state index contributed by atoms with van der Waals surface area (Å²) in [5.41, 5.74) is -0.508. The van der Waals surface area contributed by atoms with Gasteiger partial charge in [0.15, 0.2) is 5.60 Å². The van der Waals surface area contributed by atoms with Crippen molar-refractivity contribution in [2.45, 2.75) is 26.4 Å². The van der Waals surface area contributed by atoms with Crippen LogP contribution in [0.25, 0.3) is 0 Å². The maximum atomic E-state index is 11.8. The van der Waals surface area contributed by atoms with Gasteiger partial charge in [0, 0.05) is 25.8 Å². The summed E-state index contributed by atoms with van der Waals surface area (Å²) in [6, 6.07) is 6.61. The molecule has 0 radical (unpaired) electrons. The van der Waals surface area contributed by atoms with E-state index in [0.717, 1.165) is 0 Å². The van der Waals surface area contributed by atoms with E-state index < -0.39 is 11.6 Å². The van der Waals surface area contributed by atoms with Gasteiger partial charge in [-0.15, -0.1) is 0 Å². The van der Waals surface area contributed by atoms with Gasteiger partial charge in [-0.3, -0.25) is 0 Å². The molecule has 0 bridgehead atoms. The number of hydrogen-bond acceptors (Lipinski definition) is 4. The Kier molecular flexibility index (Phi) is 5.58. The van der Waals surface area contributed by atoms with Gasteiger partial charge in [0.2, 0.25) is 0 Å². The normalized spacial score (nSPS) is 10.7. The van der Waals surface area contributed by atoms with E-state index in [9.17, 15) is 9.59 Å². The summed E-state index contributed by atoms with van der Waals surface area (Å²) >= 11 is 0. The minimum atomic E-state index is -1.10. The van der Waals surface area contributed by atoms with Crippen LogP contribution in [0.4, 0.5) is 10.5 Å². The zero-order valence-electron chi connectivity index (χ0n) is 13.1. The lowest BCUT2D eigenvalue weighted by Crippen LogP contribution is -2.39. The van der Waals surface area contributed by atoms with Crippen molar-refractivity contribution < 1.29 is 19.1 Å². The highest BCUT2D eigenvalue weighted by Crippen LogP contribution is 2.23. The molecule has 2 amide bonds. The van der Waals surface area contributed by atoms with Crippen LogP contribution in [-0.4, -0.2) is 43.2 Å². The molecule has 1 N–H and O–H groups in total. The number of nitrogens with one attached hydrogen (secondary N) is 1. The van der Waals surface area contributed by atoms with Crippen LogP contribution in [-0.2, 0) is 9.53 Å². The highest BCUT2D eigenvalue weighted by atomic mass is 16.6. The molecule has 1 aromatic rings. The van der Waals surface area contributed by atoms with Gasteiger partial charge in [-0.05, 0) is 32.9 Å². The summed E-state index contributed by atoms with van der Waals surface area (Å²) in [5.74, 6) is 0.0392. The van der Waals surface area contributed by atoms with Gasteiger partial charge in [0.1, 0.15) is 5.75 Å². The number of urea groups is 1. The van der Waals surface area contributed by atoms with Crippen molar-refractivity contribution in [3.8, 4) is 5.75 Å². The molecule has 1 rings (SSSR count). The Morgan fingerprint density at radius 2 is 1.95 bits per heavy atom. The summed E-state index contributed by atoms with van der Waals surface area (Å²) in [5, 5.41) is 2.71. The molecule has 0 atom stereocenters. The van der Waals surface area contributed by atoms with Gasteiger partial charge in [-0.1, -0.05) is 6.07 Å². The molecule has 6 heteroatoms. The van der Waals surface area contributed by atoms with Gasteiger partial charge in [0.05, 0.1) is 6.61 Å². The molecule has 1 aromatic carbocycles. The number of ether oxygens (including phenoxy) is 2. The predicted octanol–water partition coefficient (Wildman–Crippen LogP) is 2.50. The summed E-state index contributed by atoms with van der Waals surface area (Å²) in [4.78, 5) is 24.8. The Bertz CT molecular complexity index is 512. The smallest absolute Gasteiger partial charge is 0.349 e. The van der Waals surface area contributed by atoms with Crippen LogP contribution in [0.5, 0.6) is 5.75 Å². The van der Waals surface area contributed by atoms with Gasteiger partial charge in [-0.2, -0.15) is 0 Å². The summed E-state index contributed by atoms with van der Waals surface area (Å²) in [6.07, 6.45) is 0. The molecule has 0 saturated carbocycles. The maximum Gasteiger partial charge on any atom is 0.349 e. The van der Waals surface area contributed by atoms with E-state index in [-0.39, 0.29) is 6.03 Å². The summed E-state index contributed by atoms with van der Waals surface area (Å²) < 4.78 is 10.6. The molecule has 0 heterocycles. The Labute approximate surface area is 125 Å². The topological polar surface area (TPSA) is 67.9 Å². The highest BCUT2D eigenvalue weighted by Gasteiger charge is 2.31. The monoisotopic (exact) mass is 294 g/mol. The molecule has 0 saturated heterocycles. The fourth-order valence-corrected chi connectivity index (χ4v) is 1.51. The number of nitrogens with zero attached hydrogens (tertiary/aromatic N) is 1. The SMILES string of the molecule is CCOC(=O)C(C)(C)Oc1cccc(NC(=O)N(C)C)c1. The van der Waals surface area contributed by atoms with E-state index in [1.807, 2.05) is 0 Å². The van der Waals surface area contributed by atoms with E-state index in [1.165, 1.54) is 4.90 Å². The van der Waals surface area contributed by atoms with Gasteiger partial charge >= 0.3 is 12.0 Å². The first-order chi connectivity index (χ1) is 9.76. The Morgan fingerprint density at radius 1 is 1.29 bits per heavy atom. The lowest BCUT2D eigenvalue weighted by molar-refractivity contribution is -0.158. The van der Waals surface area contributed by atoms with Crippen molar-refractivity contribution in [1.29, 1.82) is 0 Å². The molecule has 0 aliphatic rings. The van der Waals surface area contributed by atoms with Crippen molar-refractivity contribution in [1.82, 2.24) is 4.90 Å². The quantitative estimate of drug-likeness (QED) is 0.847. The molecule has 0 fully saturated rings. The van der Waals surface area contributed by atoms with Crippen LogP contribution < -0.4 is 10.1 Å². The van der Waals surface area contributed by atoms with Gasteiger partial charge < -0.3 is 19.7 Å². The van der Waals surface area contributed by atoms with Crippen LogP contribution in [0, 0.1) is 0 Å². The molecule has 0 unspecified atom stereocenters. The predicted molar refractivity (Wildman–Crippen MR) is 80.5 cm³/mol. The standard InChI is InChI=1S/C15H22N2O4/c1-6-20-13(18)15(2,3)21-12-9-7-8-11(10-12)16-14(19)17(4)5/h7-10H,6H2,1-5H3,(H,16,19). The third-order valence-electron chi connectivity index (χ3n) is 2.63. The fourth-order valence-electron chi connectivity index (χ4n) is 1.51. The second-order valence-corrected chi connectivity index (χ2v) is 5.19. The second kappa shape index (κ2) is 6.97. The van der Waals surface area contributed by atoms with E-state index in [1.54, 1.807) is 59.1 Å². The highest BCUT2D eigenvalue weighted by molar-refractivity contribution is 5.89. The van der Waals surface area contributed by atoms with Gasteiger partial charge in [-0.25, -0.2) is 9.59 Å². The minimum absolute atomic E-state index is 0.239. The summed E-state index contributed by atoms with van der Waals surface area (Å²) in [6.45, 7) is 5.31. The van der Waals surface area contributed by atoms with Crippen LogP contribution in [0.2, 0.25) is 0 Å². The third-order valence-corrected chi connectivity index (χ3v) is 2.63. The van der Waals surface area contributed by atoms with E-state index in [4.69, 9.17) is 9.47 Å². The zero-order valence-corrected chi connectivity index (χ0v) is 13.1. The van der Waals surface area contributed by atoms with Crippen LogP contribution in [0.1, 0.15) is 20.8 Å². The van der Waals surface area contributed by atoms with Crippen molar-refractivity contribution in [2.75, 3.05) is 26.0 Å². The lowest BCUT2D eigenvalue weighted by atomic mass is 10.1. The zero-order chi connectivity index (χ0) is 16.0. The molecule has 21 heavy (non-hydrogen) atoms. The molecule has 0 aliphatic carbocycles. The fraction of sp³-hybridized carbons (Fsp3) is 0.467. The van der Waals surface area contributed by atoms with E-state index in [2.05, 4.69) is 5.32 Å². The van der Waals surface area contributed by atoms with Crippen molar-refractivity contribution in [3.63, 3.8) is 0 Å². The number of benzene rings is 1. The average molecular weight is 294 g/mol. The number of hydrogen-bond donors (Lipinski definition) is 1. The van der Waals surface area contributed by atoms with Crippen LogP contribution in [0.15, 0.2) is 24.3 Å². The first kappa shape index (κ1) is 16.8. The lowest BCUT2D eigenvalue weighted by Gasteiger charge is -2.24. The van der Waals surface area contributed by atoms with Crippen LogP contribution in [0.3, 0.4) is 0 Å². The minimum Gasteiger partial charge on any atom is -0.476 e. The Morgan fingerprint density at radius 3 is 2.52 bits per heavy atom. The third kappa shape index (κ3) is 4.98. The number of carbonyl (C=O) groups is 2. The first-order valence-corrected chi connectivity index (χ1v) is 6.71. The Balaban J connectivity index is 2.81. The number of rotatable bonds is 5. The molecular weight excluding hydrogens is 272 g/mol. The van der Waals surface area contributed by atoms with E-state index >= 15 is 0 Å². The average Bonchev–Trinajstić information content (AvgIpc) is 2.38. The molecule has 0 aromatic heterocycles. The molecule has 6 nitrogen and oxygen atoms in total. The Hall–Kier alpha value is -2.24. The van der Waals surface area contributed by atoms with Crippen molar-refractivity contribution in [2.24, 2.45) is 0 Å². The van der Waals surface area contributed by atoms with Gasteiger partial charge in [0.25, 0.3) is 0 Å². The largest absolute Gasteiger partial charge is 0.476 e. The molecule has 0 spiro atoms. The maximum absolute atomic E-state index is 11.8. The van der Waals surface area contributed by atoms with Crippen LogP contribution >= 0.6 is 0 Å². The first-order valence-electron chi connectivity index (χ1n) is 6.71. The molecule has 116 valence electrons. The van der Waals surface area contributed by atoms with Crippen molar-refractivity contribution >= 4 is 17.7 Å². The summed E-state index contributed by atoms with van der Waals surface area (Å²) in [7, 11) is 3.30.